The maximum atomic E-state index is 12.2. The summed E-state index contributed by atoms with van der Waals surface area (Å²) in [7, 11) is 0. The first-order valence-corrected chi connectivity index (χ1v) is 10.3. The molecule has 1 aliphatic heterocycles. The van der Waals surface area contributed by atoms with E-state index >= 15 is 0 Å². The second-order valence-corrected chi connectivity index (χ2v) is 8.98. The smallest absolute Gasteiger partial charge is 0.219 e. The third-order valence-electron chi connectivity index (χ3n) is 5.73. The Morgan fingerprint density at radius 1 is 1.21 bits per heavy atom. The van der Waals surface area contributed by atoms with E-state index in [0.29, 0.717) is 13.1 Å². The van der Waals surface area contributed by atoms with E-state index in [4.69, 9.17) is 20.8 Å². The highest BCUT2D eigenvalue weighted by atomic mass is 35.5. The van der Waals surface area contributed by atoms with Crippen molar-refractivity contribution < 1.29 is 13.9 Å². The molecule has 1 aliphatic rings. The molecule has 1 unspecified atom stereocenters. The van der Waals surface area contributed by atoms with Gasteiger partial charge < -0.3 is 14.1 Å². The van der Waals surface area contributed by atoms with Crippen molar-refractivity contribution in [3.8, 4) is 0 Å². The number of carbonyl (C=O) groups is 1. The van der Waals surface area contributed by atoms with Gasteiger partial charge >= 0.3 is 0 Å². The van der Waals surface area contributed by atoms with E-state index in [1.807, 2.05) is 35.2 Å². The first-order chi connectivity index (χ1) is 13.3. The highest BCUT2D eigenvalue weighted by molar-refractivity contribution is 6.31. The average Bonchev–Trinajstić information content (AvgIpc) is 3.13. The van der Waals surface area contributed by atoms with Crippen molar-refractivity contribution in [1.82, 2.24) is 4.90 Å². The zero-order chi connectivity index (χ0) is 20.2. The lowest BCUT2D eigenvalue weighted by molar-refractivity contribution is -0.131. The normalized spacial score (nSPS) is 21.4. The van der Waals surface area contributed by atoms with Crippen molar-refractivity contribution in [1.29, 1.82) is 0 Å². The Labute approximate surface area is 172 Å². The number of carbonyl (C=O) groups excluding carboxylic acids is 1. The van der Waals surface area contributed by atoms with Crippen molar-refractivity contribution in [3.63, 3.8) is 0 Å². The molecule has 1 atom stereocenters. The van der Waals surface area contributed by atoms with Crippen LogP contribution in [0.3, 0.4) is 0 Å². The van der Waals surface area contributed by atoms with Crippen molar-refractivity contribution >= 4 is 17.5 Å². The molecule has 0 radical (unpaired) electrons. The van der Waals surface area contributed by atoms with Crippen LogP contribution in [-0.4, -0.2) is 29.6 Å². The summed E-state index contributed by atoms with van der Waals surface area (Å²) < 4.78 is 11.4. The van der Waals surface area contributed by atoms with Gasteiger partial charge in [-0.1, -0.05) is 29.8 Å². The number of hydrogen-bond donors (Lipinski definition) is 0. The number of halogens is 1. The quantitative estimate of drug-likeness (QED) is 0.613. The van der Waals surface area contributed by atoms with Crippen molar-refractivity contribution in [2.24, 2.45) is 5.41 Å². The Bertz CT molecular complexity index is 787. The van der Waals surface area contributed by atoms with Crippen LogP contribution >= 0.6 is 11.6 Å². The van der Waals surface area contributed by atoms with E-state index in [0.717, 1.165) is 43.1 Å². The molecule has 1 aromatic heterocycles. The maximum absolute atomic E-state index is 12.2. The summed E-state index contributed by atoms with van der Waals surface area (Å²) in [5, 5.41) is 0.810. The molecule has 2 heterocycles. The topological polar surface area (TPSA) is 42.7 Å². The fourth-order valence-electron chi connectivity index (χ4n) is 4.40. The lowest BCUT2D eigenvalue weighted by atomic mass is 9.68. The van der Waals surface area contributed by atoms with E-state index in [2.05, 4.69) is 19.9 Å². The van der Waals surface area contributed by atoms with Crippen molar-refractivity contribution in [2.45, 2.75) is 58.6 Å². The summed E-state index contributed by atoms with van der Waals surface area (Å²) in [6.45, 7) is 7.85. The summed E-state index contributed by atoms with van der Waals surface area (Å²) in [4.78, 5) is 14.1. The van der Waals surface area contributed by atoms with Gasteiger partial charge in [-0.15, -0.1) is 0 Å². The Balaban J connectivity index is 1.78. The molecule has 28 heavy (non-hydrogen) atoms. The molecule has 1 fully saturated rings. The molecule has 2 aromatic rings. The predicted octanol–water partition coefficient (Wildman–Crippen LogP) is 5.49. The minimum Gasteiger partial charge on any atom is -0.467 e. The van der Waals surface area contributed by atoms with Crippen LogP contribution in [0.2, 0.25) is 5.02 Å². The summed E-state index contributed by atoms with van der Waals surface area (Å²) in [5.74, 6) is 0.873. The molecule has 1 saturated heterocycles. The van der Waals surface area contributed by atoms with E-state index in [1.54, 1.807) is 13.2 Å². The van der Waals surface area contributed by atoms with Crippen LogP contribution in [0.5, 0.6) is 0 Å². The van der Waals surface area contributed by atoms with Crippen LogP contribution in [-0.2, 0) is 22.5 Å². The zero-order valence-corrected chi connectivity index (χ0v) is 17.8. The van der Waals surface area contributed by atoms with Gasteiger partial charge in [0.15, 0.2) is 0 Å². The number of amides is 1. The molecule has 0 spiro atoms. The van der Waals surface area contributed by atoms with Gasteiger partial charge in [0.05, 0.1) is 18.4 Å². The van der Waals surface area contributed by atoms with Gasteiger partial charge in [0.2, 0.25) is 5.91 Å². The number of ether oxygens (including phenoxy) is 1. The monoisotopic (exact) mass is 403 g/mol. The molecule has 0 N–H and O–H groups in total. The molecular formula is C23H30ClNO3. The molecule has 4 nitrogen and oxygen atoms in total. The van der Waals surface area contributed by atoms with Crippen LogP contribution in [0.15, 0.2) is 47.1 Å². The van der Waals surface area contributed by atoms with Crippen LogP contribution in [0, 0.1) is 5.41 Å². The average molecular weight is 404 g/mol. The predicted molar refractivity (Wildman–Crippen MR) is 111 cm³/mol. The molecule has 3 rings (SSSR count). The Morgan fingerprint density at radius 2 is 2.00 bits per heavy atom. The van der Waals surface area contributed by atoms with Gasteiger partial charge in [-0.25, -0.2) is 0 Å². The van der Waals surface area contributed by atoms with Gasteiger partial charge in [-0.3, -0.25) is 4.79 Å². The van der Waals surface area contributed by atoms with E-state index in [1.165, 1.54) is 5.56 Å². The number of hydrogen-bond acceptors (Lipinski definition) is 3. The molecule has 1 aromatic carbocycles. The van der Waals surface area contributed by atoms with Crippen LogP contribution in [0.1, 0.15) is 51.4 Å². The third-order valence-corrected chi connectivity index (χ3v) is 6.10. The summed E-state index contributed by atoms with van der Waals surface area (Å²) in [5.41, 5.74) is 1.04. The Hall–Kier alpha value is -1.78. The fourth-order valence-corrected chi connectivity index (χ4v) is 4.60. The lowest BCUT2D eigenvalue weighted by Crippen LogP contribution is -2.44. The fraction of sp³-hybridized carbons (Fsp3) is 0.522. The van der Waals surface area contributed by atoms with Crippen LogP contribution in [0.25, 0.3) is 0 Å². The summed E-state index contributed by atoms with van der Waals surface area (Å²) in [6, 6.07) is 11.8. The van der Waals surface area contributed by atoms with Crippen molar-refractivity contribution in [3.05, 3.63) is 59.0 Å². The van der Waals surface area contributed by atoms with Gasteiger partial charge in [0.25, 0.3) is 0 Å². The van der Waals surface area contributed by atoms with Crippen LogP contribution in [0.4, 0.5) is 0 Å². The summed E-state index contributed by atoms with van der Waals surface area (Å²) in [6.07, 6.45) is 5.36. The van der Waals surface area contributed by atoms with E-state index in [-0.39, 0.29) is 16.9 Å². The second-order valence-electron chi connectivity index (χ2n) is 8.57. The highest BCUT2D eigenvalue weighted by Gasteiger charge is 2.41. The Kier molecular flexibility index (Phi) is 6.51. The summed E-state index contributed by atoms with van der Waals surface area (Å²) >= 11 is 6.48. The van der Waals surface area contributed by atoms with Gasteiger partial charge in [-0.05, 0) is 68.7 Å². The SMILES string of the molecule is CC(=O)N(CCC1(Cc2ccccc2Cl)CCOC(C)(C)C1)Cc1ccco1. The largest absolute Gasteiger partial charge is 0.467 e. The number of nitrogens with zero attached hydrogens (tertiary/aromatic N) is 1. The van der Waals surface area contributed by atoms with Crippen LogP contribution < -0.4 is 0 Å². The standard InChI is InChI=1S/C23H30ClNO3/c1-18(26)25(16-20-8-6-13-27-20)12-10-23(11-14-28-22(2,3)17-23)15-19-7-4-5-9-21(19)24/h4-9,13H,10-12,14-17H2,1-3H3. The van der Waals surface area contributed by atoms with Gasteiger partial charge in [0.1, 0.15) is 5.76 Å². The molecule has 1 amide bonds. The highest BCUT2D eigenvalue weighted by Crippen LogP contribution is 2.45. The number of rotatable bonds is 7. The molecule has 152 valence electrons. The van der Waals surface area contributed by atoms with E-state index in [9.17, 15) is 4.79 Å². The molecule has 0 saturated carbocycles. The minimum atomic E-state index is -0.179. The van der Waals surface area contributed by atoms with Gasteiger partial charge in [0, 0.05) is 25.1 Å². The first kappa shape index (κ1) is 20.9. The minimum absolute atomic E-state index is 0.0452. The Morgan fingerprint density at radius 3 is 2.64 bits per heavy atom. The van der Waals surface area contributed by atoms with Gasteiger partial charge in [-0.2, -0.15) is 0 Å². The van der Waals surface area contributed by atoms with Crippen molar-refractivity contribution in [2.75, 3.05) is 13.2 Å². The molecule has 0 aliphatic carbocycles. The van der Waals surface area contributed by atoms with E-state index < -0.39 is 0 Å². The first-order valence-electron chi connectivity index (χ1n) is 9.94. The zero-order valence-electron chi connectivity index (χ0n) is 17.0. The number of benzene rings is 1. The lowest BCUT2D eigenvalue weighted by Gasteiger charge is -2.46. The number of furan rings is 1. The molecule has 0 bridgehead atoms. The molecular weight excluding hydrogens is 374 g/mol. The third kappa shape index (κ3) is 5.39. The maximum Gasteiger partial charge on any atom is 0.219 e. The second kappa shape index (κ2) is 8.71. The molecule has 5 heteroatoms.